The maximum atomic E-state index is 4.49. The lowest BCUT2D eigenvalue weighted by Gasteiger charge is -2.24. The first kappa shape index (κ1) is 20.4. The summed E-state index contributed by atoms with van der Waals surface area (Å²) in [5, 5.41) is 0. The third-order valence-electron chi connectivity index (χ3n) is 6.70. The predicted molar refractivity (Wildman–Crippen MR) is 144 cm³/mol. The van der Waals surface area contributed by atoms with Gasteiger partial charge in [-0.15, -0.1) is 0 Å². The molecular weight excluding hydrogens is 440 g/mol. The zero-order valence-electron chi connectivity index (χ0n) is 19.3. The standard InChI is InChI=1S/C32H20N4/c1-3-9-25-23(7-1)27-13-11-21(31-33-15-5-16-34-31)20-30(27)26-10-4-2-8-24(26)28-14-12-22(19-29(25)28)32-35-17-6-18-36-32/h1-20H. The third-order valence-corrected chi connectivity index (χ3v) is 6.70. The normalized spacial score (nSPS) is 11.3. The van der Waals surface area contributed by atoms with E-state index in [-0.39, 0.29) is 0 Å². The summed E-state index contributed by atoms with van der Waals surface area (Å²) in [4.78, 5) is 18.0. The molecule has 0 bridgehead atoms. The Bertz CT molecular complexity index is 1600. The van der Waals surface area contributed by atoms with Gasteiger partial charge < -0.3 is 0 Å². The quantitative estimate of drug-likeness (QED) is 0.267. The van der Waals surface area contributed by atoms with Crippen LogP contribution < -0.4 is 0 Å². The molecule has 0 saturated heterocycles. The lowest BCUT2D eigenvalue weighted by Crippen LogP contribution is -1.99. The molecule has 7 rings (SSSR count). The van der Waals surface area contributed by atoms with Crippen LogP contribution in [-0.4, -0.2) is 19.9 Å². The van der Waals surface area contributed by atoms with E-state index < -0.39 is 0 Å². The summed E-state index contributed by atoms with van der Waals surface area (Å²) in [5.41, 5.74) is 11.5. The van der Waals surface area contributed by atoms with Gasteiger partial charge in [-0.25, -0.2) is 19.9 Å². The van der Waals surface area contributed by atoms with Gasteiger partial charge in [0, 0.05) is 35.9 Å². The number of hydrogen-bond donors (Lipinski definition) is 0. The molecule has 1 aliphatic carbocycles. The molecule has 4 heteroatoms. The van der Waals surface area contributed by atoms with Crippen molar-refractivity contribution in [2.24, 2.45) is 0 Å². The molecule has 4 aromatic carbocycles. The third kappa shape index (κ3) is 3.31. The Balaban J connectivity index is 1.54. The average molecular weight is 461 g/mol. The number of aromatic nitrogens is 4. The molecular formula is C32H20N4. The molecule has 2 aromatic heterocycles. The van der Waals surface area contributed by atoms with E-state index in [4.69, 9.17) is 0 Å². The van der Waals surface area contributed by atoms with E-state index >= 15 is 0 Å². The molecule has 2 heterocycles. The van der Waals surface area contributed by atoms with Crippen LogP contribution >= 0.6 is 0 Å². The first-order chi connectivity index (χ1) is 17.9. The summed E-state index contributed by atoms with van der Waals surface area (Å²) in [6.45, 7) is 0. The Morgan fingerprint density at radius 1 is 0.306 bits per heavy atom. The molecule has 0 N–H and O–H groups in total. The van der Waals surface area contributed by atoms with Crippen molar-refractivity contribution >= 4 is 0 Å². The van der Waals surface area contributed by atoms with Crippen LogP contribution in [-0.2, 0) is 0 Å². The molecule has 0 aliphatic heterocycles. The van der Waals surface area contributed by atoms with Crippen LogP contribution in [0.4, 0.5) is 0 Å². The Morgan fingerprint density at radius 3 is 1.03 bits per heavy atom. The highest BCUT2D eigenvalue weighted by atomic mass is 14.9. The second-order valence-corrected chi connectivity index (χ2v) is 8.76. The van der Waals surface area contributed by atoms with Crippen molar-refractivity contribution < 1.29 is 0 Å². The van der Waals surface area contributed by atoms with E-state index in [0.29, 0.717) is 0 Å². The van der Waals surface area contributed by atoms with Crippen molar-refractivity contribution in [1.82, 2.24) is 19.9 Å². The number of fused-ring (bicyclic) bond motifs is 8. The van der Waals surface area contributed by atoms with Crippen LogP contribution in [0.25, 0.3) is 67.3 Å². The molecule has 4 nitrogen and oxygen atoms in total. The topological polar surface area (TPSA) is 51.6 Å². The molecule has 168 valence electrons. The molecule has 0 saturated carbocycles. The number of benzene rings is 4. The predicted octanol–water partition coefficient (Wildman–Crippen LogP) is 7.58. The summed E-state index contributed by atoms with van der Waals surface area (Å²) < 4.78 is 0. The number of rotatable bonds is 2. The van der Waals surface area contributed by atoms with Crippen LogP contribution in [0.15, 0.2) is 122 Å². The summed E-state index contributed by atoms with van der Waals surface area (Å²) in [6, 6.07) is 34.0. The molecule has 0 amide bonds. The van der Waals surface area contributed by atoms with Gasteiger partial charge in [-0.3, -0.25) is 0 Å². The van der Waals surface area contributed by atoms with Crippen LogP contribution in [0.5, 0.6) is 0 Å². The van der Waals surface area contributed by atoms with Gasteiger partial charge in [0.15, 0.2) is 11.6 Å². The minimum absolute atomic E-state index is 0.723. The summed E-state index contributed by atoms with van der Waals surface area (Å²) >= 11 is 0. The summed E-state index contributed by atoms with van der Waals surface area (Å²) in [7, 11) is 0. The van der Waals surface area contributed by atoms with E-state index in [1.165, 1.54) is 44.5 Å². The van der Waals surface area contributed by atoms with Crippen molar-refractivity contribution in [3.8, 4) is 67.3 Å². The molecule has 6 aromatic rings. The van der Waals surface area contributed by atoms with Crippen molar-refractivity contribution in [1.29, 1.82) is 0 Å². The van der Waals surface area contributed by atoms with Gasteiger partial charge in [0.1, 0.15) is 0 Å². The average Bonchev–Trinajstić information content (AvgIpc) is 2.97. The fraction of sp³-hybridized carbons (Fsp3) is 0. The SMILES string of the molecule is c1cnc(-c2ccc3c(c2)-c2ccccc2-c2ccc(-c4ncccn4)cc2-c2ccccc2-3)nc1. The molecule has 1 aliphatic rings. The van der Waals surface area contributed by atoms with E-state index in [2.05, 4.69) is 105 Å². The summed E-state index contributed by atoms with van der Waals surface area (Å²) in [6.07, 6.45) is 7.14. The van der Waals surface area contributed by atoms with Gasteiger partial charge in [-0.1, -0.05) is 72.8 Å². The lowest BCUT2D eigenvalue weighted by molar-refractivity contribution is 1.18. The van der Waals surface area contributed by atoms with Gasteiger partial charge in [-0.2, -0.15) is 0 Å². The van der Waals surface area contributed by atoms with Crippen molar-refractivity contribution in [3.05, 3.63) is 122 Å². The fourth-order valence-electron chi connectivity index (χ4n) is 5.08. The van der Waals surface area contributed by atoms with Crippen molar-refractivity contribution in [2.75, 3.05) is 0 Å². The first-order valence-corrected chi connectivity index (χ1v) is 11.9. The largest absolute Gasteiger partial charge is 0.237 e. The summed E-state index contributed by atoms with van der Waals surface area (Å²) in [5.74, 6) is 1.45. The lowest BCUT2D eigenvalue weighted by atomic mass is 9.80. The zero-order chi connectivity index (χ0) is 23.9. The smallest absolute Gasteiger partial charge is 0.159 e. The van der Waals surface area contributed by atoms with E-state index in [9.17, 15) is 0 Å². The first-order valence-electron chi connectivity index (χ1n) is 11.9. The molecule has 0 atom stereocenters. The monoisotopic (exact) mass is 460 g/mol. The van der Waals surface area contributed by atoms with Gasteiger partial charge in [0.2, 0.25) is 0 Å². The van der Waals surface area contributed by atoms with Crippen molar-refractivity contribution in [2.45, 2.75) is 0 Å². The Labute approximate surface area is 209 Å². The fourth-order valence-corrected chi connectivity index (χ4v) is 5.08. The molecule has 0 unspecified atom stereocenters. The highest BCUT2D eigenvalue weighted by molar-refractivity contribution is 6.04. The van der Waals surface area contributed by atoms with Crippen LogP contribution in [0.1, 0.15) is 0 Å². The van der Waals surface area contributed by atoms with Crippen molar-refractivity contribution in [3.63, 3.8) is 0 Å². The Morgan fingerprint density at radius 2 is 0.639 bits per heavy atom. The van der Waals surface area contributed by atoms with Gasteiger partial charge in [-0.05, 0) is 68.8 Å². The number of nitrogens with zero attached hydrogens (tertiary/aromatic N) is 4. The van der Waals surface area contributed by atoms with Crippen LogP contribution in [0, 0.1) is 0 Å². The Hall–Kier alpha value is -4.96. The second kappa shape index (κ2) is 8.36. The minimum Gasteiger partial charge on any atom is -0.237 e. The molecule has 0 radical (unpaired) electrons. The van der Waals surface area contributed by atoms with Gasteiger partial charge in [0.25, 0.3) is 0 Å². The van der Waals surface area contributed by atoms with E-state index in [1.807, 2.05) is 12.1 Å². The van der Waals surface area contributed by atoms with Crippen LogP contribution in [0.2, 0.25) is 0 Å². The minimum atomic E-state index is 0.723. The Kier molecular flexibility index (Phi) is 4.74. The van der Waals surface area contributed by atoms with Gasteiger partial charge >= 0.3 is 0 Å². The molecule has 36 heavy (non-hydrogen) atoms. The van der Waals surface area contributed by atoms with E-state index in [0.717, 1.165) is 22.8 Å². The van der Waals surface area contributed by atoms with E-state index in [1.54, 1.807) is 24.8 Å². The molecule has 0 spiro atoms. The molecule has 0 fully saturated rings. The highest BCUT2D eigenvalue weighted by Crippen LogP contribution is 2.48. The number of hydrogen-bond acceptors (Lipinski definition) is 4. The second-order valence-electron chi connectivity index (χ2n) is 8.76. The van der Waals surface area contributed by atoms with Gasteiger partial charge in [0.05, 0.1) is 0 Å². The highest BCUT2D eigenvalue weighted by Gasteiger charge is 2.23. The zero-order valence-corrected chi connectivity index (χ0v) is 19.3. The van der Waals surface area contributed by atoms with Crippen LogP contribution in [0.3, 0.4) is 0 Å². The maximum Gasteiger partial charge on any atom is 0.159 e. The maximum absolute atomic E-state index is 4.49.